The summed E-state index contributed by atoms with van der Waals surface area (Å²) in [6, 6.07) is 19.6. The second-order valence-electron chi connectivity index (χ2n) is 10.9. The molecule has 0 N–H and O–H groups in total. The molecule has 242 valence electrons. The number of nitriles is 1. The van der Waals surface area contributed by atoms with Gasteiger partial charge in [0.2, 0.25) is 0 Å². The van der Waals surface area contributed by atoms with Crippen molar-refractivity contribution in [3.63, 3.8) is 0 Å². The van der Waals surface area contributed by atoms with Crippen LogP contribution in [0.25, 0.3) is 11.3 Å². The summed E-state index contributed by atoms with van der Waals surface area (Å²) in [7, 11) is 0. The van der Waals surface area contributed by atoms with E-state index < -0.39 is 35.9 Å². The summed E-state index contributed by atoms with van der Waals surface area (Å²) >= 11 is 1.34. The van der Waals surface area contributed by atoms with Crippen LogP contribution in [-0.2, 0) is 28.2 Å². The molecule has 0 aliphatic rings. The number of esters is 1. The van der Waals surface area contributed by atoms with Gasteiger partial charge in [0.1, 0.15) is 29.9 Å². The van der Waals surface area contributed by atoms with E-state index in [2.05, 4.69) is 34.9 Å². The molecule has 0 aliphatic heterocycles. The second kappa shape index (κ2) is 15.2. The fraction of sp³-hybridized carbons (Fsp3) is 0.286. The van der Waals surface area contributed by atoms with Crippen molar-refractivity contribution >= 4 is 17.3 Å². The van der Waals surface area contributed by atoms with Crippen molar-refractivity contribution in [2.45, 2.75) is 45.4 Å². The Morgan fingerprint density at radius 3 is 2.57 bits per heavy atom. The van der Waals surface area contributed by atoms with E-state index >= 15 is 4.39 Å². The number of hydrogen-bond acceptors (Lipinski definition) is 9. The number of ether oxygens (including phenoxy) is 2. The standard InChI is InChI=1S/C35H34F2N6O3S/c1-4-42(5-2)18-26-7-6-8-28(15-26)34(44)45-23-46-35(20-43-22-39-21-40-43,30-14-13-29(36)16-31(30)37)24(3)33-41-32(19-47-33)27-11-9-25(17-38)10-12-27/h6-16,19,21-22,24H,4-5,18,20,23H2,1-3H3/t24-,35?/m0/s1. The van der Waals surface area contributed by atoms with Gasteiger partial charge in [0.15, 0.2) is 6.79 Å². The predicted octanol–water partition coefficient (Wildman–Crippen LogP) is 6.92. The van der Waals surface area contributed by atoms with Gasteiger partial charge in [-0.1, -0.05) is 51.1 Å². The van der Waals surface area contributed by atoms with Crippen LogP contribution in [0, 0.1) is 23.0 Å². The number of carbonyl (C=O) groups excluding carboxylic acids is 1. The molecule has 12 heteroatoms. The van der Waals surface area contributed by atoms with Crippen LogP contribution in [0.2, 0.25) is 0 Å². The van der Waals surface area contributed by atoms with E-state index in [0.29, 0.717) is 28.4 Å². The average Bonchev–Trinajstić information content (AvgIpc) is 3.79. The van der Waals surface area contributed by atoms with Crippen LogP contribution in [0.4, 0.5) is 8.78 Å². The Balaban J connectivity index is 1.48. The van der Waals surface area contributed by atoms with Crippen LogP contribution in [0.1, 0.15) is 58.7 Å². The van der Waals surface area contributed by atoms with Crippen LogP contribution in [0.15, 0.2) is 84.8 Å². The summed E-state index contributed by atoms with van der Waals surface area (Å²) in [5.74, 6) is -2.84. The smallest absolute Gasteiger partial charge is 0.340 e. The fourth-order valence-corrected chi connectivity index (χ4v) is 6.37. The van der Waals surface area contributed by atoms with E-state index in [-0.39, 0.29) is 12.1 Å². The quantitative estimate of drug-likeness (QED) is 0.0937. The molecule has 0 fully saturated rings. The summed E-state index contributed by atoms with van der Waals surface area (Å²) < 4.78 is 43.4. The zero-order valence-electron chi connectivity index (χ0n) is 26.3. The van der Waals surface area contributed by atoms with E-state index in [9.17, 15) is 14.4 Å². The largest absolute Gasteiger partial charge is 0.435 e. The van der Waals surface area contributed by atoms with Gasteiger partial charge in [-0.2, -0.15) is 10.4 Å². The molecule has 0 spiro atoms. The van der Waals surface area contributed by atoms with Crippen molar-refractivity contribution in [2.75, 3.05) is 19.9 Å². The van der Waals surface area contributed by atoms with Crippen molar-refractivity contribution in [3.05, 3.63) is 124 Å². The minimum Gasteiger partial charge on any atom is -0.435 e. The van der Waals surface area contributed by atoms with Gasteiger partial charge in [0.05, 0.1) is 34.4 Å². The Hall–Kier alpha value is -4.83. The highest BCUT2D eigenvalue weighted by Crippen LogP contribution is 2.44. The fourth-order valence-electron chi connectivity index (χ4n) is 5.40. The highest BCUT2D eigenvalue weighted by atomic mass is 32.1. The van der Waals surface area contributed by atoms with E-state index in [1.54, 1.807) is 42.5 Å². The Morgan fingerprint density at radius 2 is 1.89 bits per heavy atom. The summed E-state index contributed by atoms with van der Waals surface area (Å²) in [6.07, 6.45) is 2.80. The van der Waals surface area contributed by atoms with Gasteiger partial charge in [0.25, 0.3) is 0 Å². The third kappa shape index (κ3) is 7.77. The molecule has 0 amide bonds. The van der Waals surface area contributed by atoms with E-state index in [4.69, 9.17) is 14.5 Å². The lowest BCUT2D eigenvalue weighted by molar-refractivity contribution is -0.148. The molecular weight excluding hydrogens is 622 g/mol. The topological polar surface area (TPSA) is 106 Å². The molecule has 5 aromatic rings. The molecule has 9 nitrogen and oxygen atoms in total. The van der Waals surface area contributed by atoms with Crippen molar-refractivity contribution in [1.29, 1.82) is 5.26 Å². The summed E-state index contributed by atoms with van der Waals surface area (Å²) in [5, 5.41) is 15.9. The third-order valence-electron chi connectivity index (χ3n) is 8.12. The van der Waals surface area contributed by atoms with Crippen LogP contribution < -0.4 is 0 Å². The summed E-state index contributed by atoms with van der Waals surface area (Å²) in [6.45, 7) is 7.81. The normalized spacial score (nSPS) is 13.2. The number of aromatic nitrogens is 4. The molecule has 2 atom stereocenters. The molecule has 0 radical (unpaired) electrons. The van der Waals surface area contributed by atoms with E-state index in [0.717, 1.165) is 36.3 Å². The molecule has 0 saturated carbocycles. The zero-order valence-corrected chi connectivity index (χ0v) is 27.1. The monoisotopic (exact) mass is 656 g/mol. The van der Waals surface area contributed by atoms with Gasteiger partial charge >= 0.3 is 5.97 Å². The van der Waals surface area contributed by atoms with Crippen molar-refractivity contribution in [1.82, 2.24) is 24.6 Å². The maximum Gasteiger partial charge on any atom is 0.340 e. The molecule has 2 heterocycles. The molecule has 0 saturated heterocycles. The van der Waals surface area contributed by atoms with Crippen molar-refractivity contribution in [2.24, 2.45) is 0 Å². The Labute approximate surface area is 276 Å². The van der Waals surface area contributed by atoms with Crippen molar-refractivity contribution < 1.29 is 23.0 Å². The van der Waals surface area contributed by atoms with E-state index in [1.165, 1.54) is 34.7 Å². The molecule has 1 unspecified atom stereocenters. The first-order chi connectivity index (χ1) is 22.8. The molecular formula is C35H34F2N6O3S. The first-order valence-corrected chi connectivity index (χ1v) is 16.0. The number of nitrogens with zero attached hydrogens (tertiary/aromatic N) is 6. The minimum atomic E-state index is -1.57. The van der Waals surface area contributed by atoms with Crippen molar-refractivity contribution in [3.8, 4) is 17.3 Å². The van der Waals surface area contributed by atoms with Gasteiger partial charge in [-0.15, -0.1) is 11.3 Å². The number of hydrogen-bond donors (Lipinski definition) is 0. The second-order valence-corrected chi connectivity index (χ2v) is 11.8. The molecule has 47 heavy (non-hydrogen) atoms. The van der Waals surface area contributed by atoms with Crippen LogP contribution >= 0.6 is 11.3 Å². The maximum absolute atomic E-state index is 15.7. The van der Waals surface area contributed by atoms with Gasteiger partial charge in [-0.3, -0.25) is 4.90 Å². The average molecular weight is 657 g/mol. The van der Waals surface area contributed by atoms with Crippen LogP contribution in [-0.4, -0.2) is 50.5 Å². The molecule has 0 aliphatic carbocycles. The lowest BCUT2D eigenvalue weighted by Crippen LogP contribution is -2.42. The number of thiazole rings is 1. The number of benzene rings is 3. The first kappa shape index (κ1) is 33.5. The highest BCUT2D eigenvalue weighted by molar-refractivity contribution is 7.10. The molecule has 3 aromatic carbocycles. The van der Waals surface area contributed by atoms with Gasteiger partial charge in [0, 0.05) is 35.0 Å². The van der Waals surface area contributed by atoms with Gasteiger partial charge < -0.3 is 9.47 Å². The lowest BCUT2D eigenvalue weighted by Gasteiger charge is -2.38. The predicted molar refractivity (Wildman–Crippen MR) is 173 cm³/mol. The maximum atomic E-state index is 15.7. The Bertz CT molecular complexity index is 1840. The molecule has 5 rings (SSSR count). The summed E-state index contributed by atoms with van der Waals surface area (Å²) in [4.78, 5) is 24.3. The SMILES string of the molecule is CCN(CC)Cc1cccc(C(=O)OCOC(Cn2cncn2)(c2ccc(F)cc2F)[C@@H](C)c2nc(-c3ccc(C#N)cc3)cs2)c1. The Kier molecular flexibility index (Phi) is 10.8. The Morgan fingerprint density at radius 1 is 1.11 bits per heavy atom. The number of halogens is 2. The van der Waals surface area contributed by atoms with Gasteiger partial charge in [-0.05, 0) is 49.0 Å². The van der Waals surface area contributed by atoms with Crippen LogP contribution in [0.3, 0.4) is 0 Å². The summed E-state index contributed by atoms with van der Waals surface area (Å²) in [5.41, 5.74) is 1.76. The lowest BCUT2D eigenvalue weighted by atomic mass is 9.81. The zero-order chi connectivity index (χ0) is 33.4. The first-order valence-electron chi connectivity index (χ1n) is 15.1. The van der Waals surface area contributed by atoms with Crippen LogP contribution in [0.5, 0.6) is 0 Å². The van der Waals surface area contributed by atoms with Gasteiger partial charge in [-0.25, -0.2) is 28.2 Å². The third-order valence-corrected chi connectivity index (χ3v) is 9.15. The van der Waals surface area contributed by atoms with E-state index in [1.807, 2.05) is 18.4 Å². The minimum absolute atomic E-state index is 0.0364. The molecule has 2 aromatic heterocycles. The molecule has 0 bridgehead atoms. The highest BCUT2D eigenvalue weighted by Gasteiger charge is 2.45. The number of carbonyl (C=O) groups is 1. The number of rotatable bonds is 14.